The number of hydrogen-bond acceptors (Lipinski definition) is 5. The predicted octanol–water partition coefficient (Wildman–Crippen LogP) is 0.590. The van der Waals surface area contributed by atoms with Crippen molar-refractivity contribution in [2.75, 3.05) is 0 Å². The van der Waals surface area contributed by atoms with Gasteiger partial charge in [-0.2, -0.15) is 0 Å². The van der Waals surface area contributed by atoms with E-state index in [4.69, 9.17) is 5.73 Å². The minimum absolute atomic E-state index is 0.0189. The Balaban J connectivity index is 1.59. The van der Waals surface area contributed by atoms with E-state index in [0.29, 0.717) is 18.5 Å². The Morgan fingerprint density at radius 3 is 2.68 bits per heavy atom. The maximum Gasteiger partial charge on any atom is 0.242 e. The highest BCUT2D eigenvalue weighted by Crippen LogP contribution is 2.35. The van der Waals surface area contributed by atoms with Crippen LogP contribution in [-0.4, -0.2) is 38.0 Å². The highest BCUT2D eigenvalue weighted by atomic mass is 16.3. The largest absolute Gasteiger partial charge is 0.383 e. The summed E-state index contributed by atoms with van der Waals surface area (Å²) < 4.78 is 1.44. The van der Waals surface area contributed by atoms with Crippen molar-refractivity contribution in [1.29, 1.82) is 0 Å². The fourth-order valence-corrected chi connectivity index (χ4v) is 4.03. The molecule has 0 radical (unpaired) electrons. The summed E-state index contributed by atoms with van der Waals surface area (Å²) in [6, 6.07) is -0.204. The lowest BCUT2D eigenvalue weighted by molar-refractivity contribution is -0.126. The molecule has 0 aromatic carbocycles. The molecule has 138 valence electrons. The molecule has 25 heavy (non-hydrogen) atoms. The average Bonchev–Trinajstić information content (AvgIpc) is 3.05. The third kappa shape index (κ3) is 4.18. The van der Waals surface area contributed by atoms with Crippen LogP contribution in [0.25, 0.3) is 0 Å². The summed E-state index contributed by atoms with van der Waals surface area (Å²) in [4.78, 5) is 23.8. The minimum atomic E-state index is -0.923. The van der Waals surface area contributed by atoms with E-state index in [9.17, 15) is 14.7 Å². The van der Waals surface area contributed by atoms with Gasteiger partial charge in [-0.3, -0.25) is 9.59 Å². The Kier molecular flexibility index (Phi) is 5.36. The molecule has 2 amide bonds. The van der Waals surface area contributed by atoms with Crippen molar-refractivity contribution >= 4 is 11.8 Å². The second-order valence-corrected chi connectivity index (χ2v) is 7.36. The molecular weight excluding hydrogens is 322 g/mol. The molecule has 2 aliphatic rings. The smallest absolute Gasteiger partial charge is 0.242 e. The number of rotatable bonds is 5. The number of hydrogen-bond donors (Lipinski definition) is 3. The van der Waals surface area contributed by atoms with Crippen LogP contribution in [0.3, 0.4) is 0 Å². The Morgan fingerprint density at radius 2 is 1.96 bits per heavy atom. The van der Waals surface area contributed by atoms with Crippen LogP contribution in [-0.2, 0) is 21.7 Å². The standard InChI is InChI=1S/C17H27N5O3/c18-16(24)12-6-2-3-7-13(12)19-15(23)11-22-10-14(20-21-22)17(25)8-4-1-5-9-17/h10,12-13,25H,1-9,11H2,(H2,18,24)(H,19,23). The monoisotopic (exact) mass is 349 g/mol. The van der Waals surface area contributed by atoms with Crippen molar-refractivity contribution in [3.05, 3.63) is 11.9 Å². The van der Waals surface area contributed by atoms with Crippen molar-refractivity contribution in [2.24, 2.45) is 11.7 Å². The van der Waals surface area contributed by atoms with Crippen LogP contribution in [0.1, 0.15) is 63.5 Å². The van der Waals surface area contributed by atoms with Gasteiger partial charge in [-0.1, -0.05) is 37.3 Å². The predicted molar refractivity (Wildman–Crippen MR) is 90.1 cm³/mol. The number of nitrogens with one attached hydrogen (secondary N) is 1. The van der Waals surface area contributed by atoms with Gasteiger partial charge in [-0.25, -0.2) is 4.68 Å². The van der Waals surface area contributed by atoms with Gasteiger partial charge in [-0.05, 0) is 25.7 Å². The molecule has 2 fully saturated rings. The number of primary amides is 1. The number of aromatic nitrogens is 3. The summed E-state index contributed by atoms with van der Waals surface area (Å²) in [7, 11) is 0. The van der Waals surface area contributed by atoms with Gasteiger partial charge in [0.25, 0.3) is 0 Å². The first-order chi connectivity index (χ1) is 12.0. The molecule has 2 aliphatic carbocycles. The zero-order valence-corrected chi connectivity index (χ0v) is 14.5. The summed E-state index contributed by atoms with van der Waals surface area (Å²) in [6.45, 7) is 0.0189. The number of carbonyl (C=O) groups excluding carboxylic acids is 2. The Labute approximate surface area is 147 Å². The van der Waals surface area contributed by atoms with Crippen molar-refractivity contribution < 1.29 is 14.7 Å². The van der Waals surface area contributed by atoms with Crippen LogP contribution in [0, 0.1) is 5.92 Å². The number of amides is 2. The molecule has 2 unspecified atom stereocenters. The summed E-state index contributed by atoms with van der Waals surface area (Å²) in [5.74, 6) is -0.871. The normalized spacial score (nSPS) is 26.1. The molecule has 2 atom stereocenters. The first-order valence-corrected chi connectivity index (χ1v) is 9.20. The Bertz CT molecular complexity index is 624. The van der Waals surface area contributed by atoms with Crippen LogP contribution < -0.4 is 11.1 Å². The van der Waals surface area contributed by atoms with Gasteiger partial charge in [0.15, 0.2) is 0 Å². The fraction of sp³-hybridized carbons (Fsp3) is 0.765. The topological polar surface area (TPSA) is 123 Å². The maximum absolute atomic E-state index is 12.3. The highest BCUT2D eigenvalue weighted by molar-refractivity contribution is 5.80. The van der Waals surface area contributed by atoms with Crippen LogP contribution in [0.15, 0.2) is 6.20 Å². The lowest BCUT2D eigenvalue weighted by Gasteiger charge is -2.30. The van der Waals surface area contributed by atoms with Crippen molar-refractivity contribution in [2.45, 2.75) is 76.0 Å². The lowest BCUT2D eigenvalue weighted by Crippen LogP contribution is -2.47. The minimum Gasteiger partial charge on any atom is -0.383 e. The number of nitrogens with zero attached hydrogens (tertiary/aromatic N) is 3. The zero-order valence-electron chi connectivity index (χ0n) is 14.5. The van der Waals surface area contributed by atoms with Crippen LogP contribution >= 0.6 is 0 Å². The van der Waals surface area contributed by atoms with Crippen molar-refractivity contribution in [3.63, 3.8) is 0 Å². The van der Waals surface area contributed by atoms with Crippen LogP contribution in [0.5, 0.6) is 0 Å². The molecule has 0 aliphatic heterocycles. The SMILES string of the molecule is NC(=O)C1CCCCC1NC(=O)Cn1cc(C2(O)CCCCC2)nn1. The van der Waals surface area contributed by atoms with Gasteiger partial charge in [0.1, 0.15) is 17.8 Å². The molecule has 0 spiro atoms. The number of nitrogens with two attached hydrogens (primary N) is 1. The van der Waals surface area contributed by atoms with E-state index in [0.717, 1.165) is 44.9 Å². The van der Waals surface area contributed by atoms with E-state index in [2.05, 4.69) is 15.6 Å². The van der Waals surface area contributed by atoms with E-state index >= 15 is 0 Å². The summed E-state index contributed by atoms with van der Waals surface area (Å²) in [5.41, 5.74) is 5.05. The maximum atomic E-state index is 12.3. The number of carbonyl (C=O) groups is 2. The molecule has 0 bridgehead atoms. The van der Waals surface area contributed by atoms with E-state index < -0.39 is 5.60 Å². The highest BCUT2D eigenvalue weighted by Gasteiger charge is 2.34. The molecule has 1 aromatic rings. The first-order valence-electron chi connectivity index (χ1n) is 9.20. The summed E-state index contributed by atoms with van der Waals surface area (Å²) in [5, 5.41) is 21.6. The average molecular weight is 349 g/mol. The second kappa shape index (κ2) is 7.51. The van der Waals surface area contributed by atoms with Gasteiger partial charge in [-0.15, -0.1) is 5.10 Å². The first kappa shape index (κ1) is 17.8. The van der Waals surface area contributed by atoms with Gasteiger partial charge in [0.05, 0.1) is 12.1 Å². The van der Waals surface area contributed by atoms with E-state index in [-0.39, 0.29) is 30.3 Å². The van der Waals surface area contributed by atoms with Gasteiger partial charge in [0.2, 0.25) is 11.8 Å². The third-order valence-corrected chi connectivity index (χ3v) is 5.48. The van der Waals surface area contributed by atoms with Crippen LogP contribution in [0.2, 0.25) is 0 Å². The molecule has 0 saturated heterocycles. The molecule has 1 aromatic heterocycles. The van der Waals surface area contributed by atoms with Crippen molar-refractivity contribution in [3.8, 4) is 0 Å². The van der Waals surface area contributed by atoms with Crippen molar-refractivity contribution in [1.82, 2.24) is 20.3 Å². The molecule has 4 N–H and O–H groups in total. The molecule has 2 saturated carbocycles. The van der Waals surface area contributed by atoms with Gasteiger partial charge >= 0.3 is 0 Å². The third-order valence-electron chi connectivity index (χ3n) is 5.48. The van der Waals surface area contributed by atoms with E-state index in [1.165, 1.54) is 4.68 Å². The summed E-state index contributed by atoms with van der Waals surface area (Å²) >= 11 is 0. The van der Waals surface area contributed by atoms with E-state index in [1.54, 1.807) is 6.20 Å². The Morgan fingerprint density at radius 1 is 1.24 bits per heavy atom. The molecule has 3 rings (SSSR count). The molecule has 8 heteroatoms. The molecular formula is C17H27N5O3. The number of aliphatic hydroxyl groups is 1. The Hall–Kier alpha value is -1.96. The summed E-state index contributed by atoms with van der Waals surface area (Å²) in [6.07, 6.45) is 9.52. The van der Waals surface area contributed by atoms with Gasteiger partial charge < -0.3 is 16.2 Å². The molecule has 1 heterocycles. The second-order valence-electron chi connectivity index (χ2n) is 7.36. The van der Waals surface area contributed by atoms with E-state index in [1.807, 2.05) is 0 Å². The fourth-order valence-electron chi connectivity index (χ4n) is 4.03. The van der Waals surface area contributed by atoms with Crippen LogP contribution in [0.4, 0.5) is 0 Å². The quantitative estimate of drug-likeness (QED) is 0.718. The van der Waals surface area contributed by atoms with Gasteiger partial charge in [0, 0.05) is 6.04 Å². The zero-order chi connectivity index (χ0) is 17.9. The molecule has 8 nitrogen and oxygen atoms in total. The lowest BCUT2D eigenvalue weighted by atomic mass is 9.83.